The summed E-state index contributed by atoms with van der Waals surface area (Å²) in [7, 11) is 0. The number of aliphatic hydroxyl groups excluding tert-OH is 2. The average molecular weight is 214 g/mol. The van der Waals surface area contributed by atoms with Gasteiger partial charge in [0.15, 0.2) is 0 Å². The standard InChI is InChI=1S/C11H18O4/c12-9-5-8(11(14)15)10(13)7-4-2-1-3-6(7)9/h6-10,12-13H,1-5H2,(H,14,15). The molecule has 0 radical (unpaired) electrons. The van der Waals surface area contributed by atoms with Gasteiger partial charge in [-0.05, 0) is 31.1 Å². The molecule has 2 aliphatic rings. The molecule has 2 aliphatic carbocycles. The molecule has 0 spiro atoms. The first-order valence-electron chi connectivity index (χ1n) is 5.70. The Morgan fingerprint density at radius 1 is 1.07 bits per heavy atom. The Hall–Kier alpha value is -0.610. The van der Waals surface area contributed by atoms with E-state index in [1.807, 2.05) is 0 Å². The van der Waals surface area contributed by atoms with Crippen molar-refractivity contribution in [2.24, 2.45) is 17.8 Å². The van der Waals surface area contributed by atoms with Crippen LogP contribution in [0.4, 0.5) is 0 Å². The molecule has 5 unspecified atom stereocenters. The van der Waals surface area contributed by atoms with Crippen LogP contribution in [0.2, 0.25) is 0 Å². The molecule has 0 aromatic carbocycles. The van der Waals surface area contributed by atoms with Crippen molar-refractivity contribution in [2.75, 3.05) is 0 Å². The Morgan fingerprint density at radius 3 is 2.27 bits per heavy atom. The minimum atomic E-state index is -0.981. The van der Waals surface area contributed by atoms with Gasteiger partial charge in [0.25, 0.3) is 0 Å². The number of rotatable bonds is 1. The van der Waals surface area contributed by atoms with Crippen LogP contribution in [-0.2, 0) is 4.79 Å². The molecule has 0 saturated heterocycles. The van der Waals surface area contributed by atoms with Crippen LogP contribution in [-0.4, -0.2) is 33.5 Å². The summed E-state index contributed by atoms with van der Waals surface area (Å²) >= 11 is 0. The number of fused-ring (bicyclic) bond motifs is 1. The predicted octanol–water partition coefficient (Wildman–Crippen LogP) is 0.619. The van der Waals surface area contributed by atoms with E-state index >= 15 is 0 Å². The van der Waals surface area contributed by atoms with E-state index in [0.717, 1.165) is 25.7 Å². The summed E-state index contributed by atoms with van der Waals surface area (Å²) in [4.78, 5) is 10.9. The second-order valence-electron chi connectivity index (χ2n) is 4.85. The molecule has 15 heavy (non-hydrogen) atoms. The molecule has 2 fully saturated rings. The SMILES string of the molecule is O=C(O)C1CC(O)C2CCCCC2C1O. The highest BCUT2D eigenvalue weighted by Gasteiger charge is 2.46. The molecule has 0 amide bonds. The van der Waals surface area contributed by atoms with E-state index in [2.05, 4.69) is 0 Å². The van der Waals surface area contributed by atoms with E-state index in [1.54, 1.807) is 0 Å². The third-order valence-electron chi connectivity index (χ3n) is 4.03. The summed E-state index contributed by atoms with van der Waals surface area (Å²) < 4.78 is 0. The Balaban J connectivity index is 2.14. The summed E-state index contributed by atoms with van der Waals surface area (Å²) in [6.45, 7) is 0. The number of carboxylic acids is 1. The maximum atomic E-state index is 10.9. The van der Waals surface area contributed by atoms with Crippen molar-refractivity contribution in [2.45, 2.75) is 44.3 Å². The number of aliphatic carboxylic acids is 1. The third kappa shape index (κ3) is 1.88. The fourth-order valence-electron chi connectivity index (χ4n) is 3.21. The van der Waals surface area contributed by atoms with Crippen LogP contribution < -0.4 is 0 Å². The van der Waals surface area contributed by atoms with E-state index in [4.69, 9.17) is 5.11 Å². The first-order chi connectivity index (χ1) is 7.11. The normalized spacial score (nSPS) is 45.9. The van der Waals surface area contributed by atoms with Crippen molar-refractivity contribution in [1.82, 2.24) is 0 Å². The molecule has 4 heteroatoms. The van der Waals surface area contributed by atoms with Crippen LogP contribution in [0.15, 0.2) is 0 Å². The largest absolute Gasteiger partial charge is 0.481 e. The van der Waals surface area contributed by atoms with Crippen molar-refractivity contribution < 1.29 is 20.1 Å². The van der Waals surface area contributed by atoms with E-state index in [0.29, 0.717) is 0 Å². The highest BCUT2D eigenvalue weighted by molar-refractivity contribution is 5.71. The smallest absolute Gasteiger partial charge is 0.309 e. The summed E-state index contributed by atoms with van der Waals surface area (Å²) in [5.74, 6) is -1.65. The van der Waals surface area contributed by atoms with Gasteiger partial charge in [-0.25, -0.2) is 0 Å². The lowest BCUT2D eigenvalue weighted by atomic mass is 9.64. The van der Waals surface area contributed by atoms with Gasteiger partial charge in [0, 0.05) is 0 Å². The molecule has 2 saturated carbocycles. The molecule has 86 valence electrons. The summed E-state index contributed by atoms with van der Waals surface area (Å²) in [5.41, 5.74) is 0. The third-order valence-corrected chi connectivity index (χ3v) is 4.03. The van der Waals surface area contributed by atoms with Crippen molar-refractivity contribution in [3.05, 3.63) is 0 Å². The van der Waals surface area contributed by atoms with E-state index < -0.39 is 24.1 Å². The van der Waals surface area contributed by atoms with Gasteiger partial charge in [-0.1, -0.05) is 12.8 Å². The summed E-state index contributed by atoms with van der Waals surface area (Å²) in [5, 5.41) is 28.8. The maximum absolute atomic E-state index is 10.9. The molecule has 2 rings (SSSR count). The van der Waals surface area contributed by atoms with Crippen LogP contribution in [0.5, 0.6) is 0 Å². The van der Waals surface area contributed by atoms with E-state index in [1.165, 1.54) is 0 Å². The number of aliphatic hydroxyl groups is 2. The lowest BCUT2D eigenvalue weighted by Crippen LogP contribution is -2.50. The van der Waals surface area contributed by atoms with Gasteiger partial charge in [0.2, 0.25) is 0 Å². The van der Waals surface area contributed by atoms with E-state index in [9.17, 15) is 15.0 Å². The van der Waals surface area contributed by atoms with Crippen LogP contribution >= 0.6 is 0 Å². The molecule has 0 aliphatic heterocycles. The van der Waals surface area contributed by atoms with Gasteiger partial charge in [-0.2, -0.15) is 0 Å². The first-order valence-corrected chi connectivity index (χ1v) is 5.70. The fourth-order valence-corrected chi connectivity index (χ4v) is 3.21. The zero-order chi connectivity index (χ0) is 11.0. The monoisotopic (exact) mass is 214 g/mol. The Labute approximate surface area is 88.9 Å². The minimum absolute atomic E-state index is 0.0106. The number of carbonyl (C=O) groups is 1. The molecule has 4 nitrogen and oxygen atoms in total. The first kappa shape index (κ1) is 10.9. The van der Waals surface area contributed by atoms with Gasteiger partial charge in [0.1, 0.15) is 0 Å². The van der Waals surface area contributed by atoms with E-state index in [-0.39, 0.29) is 18.3 Å². The minimum Gasteiger partial charge on any atom is -0.481 e. The zero-order valence-corrected chi connectivity index (χ0v) is 8.67. The molecule has 0 heterocycles. The van der Waals surface area contributed by atoms with Crippen LogP contribution in [0, 0.1) is 17.8 Å². The number of carboxylic acid groups (broad SMARTS) is 1. The summed E-state index contributed by atoms with van der Waals surface area (Å²) in [6, 6.07) is 0. The molecule has 0 bridgehead atoms. The molecular weight excluding hydrogens is 196 g/mol. The highest BCUT2D eigenvalue weighted by atomic mass is 16.4. The van der Waals surface area contributed by atoms with Gasteiger partial charge >= 0.3 is 5.97 Å². The molecule has 0 aromatic rings. The van der Waals surface area contributed by atoms with Crippen LogP contribution in [0.3, 0.4) is 0 Å². The van der Waals surface area contributed by atoms with Gasteiger partial charge in [-0.3, -0.25) is 4.79 Å². The van der Waals surface area contributed by atoms with Gasteiger partial charge < -0.3 is 15.3 Å². The molecule has 5 atom stereocenters. The maximum Gasteiger partial charge on any atom is 0.309 e. The van der Waals surface area contributed by atoms with Crippen molar-refractivity contribution in [3.63, 3.8) is 0 Å². The van der Waals surface area contributed by atoms with Gasteiger partial charge in [0.05, 0.1) is 18.1 Å². The fraction of sp³-hybridized carbons (Fsp3) is 0.909. The number of hydrogen-bond acceptors (Lipinski definition) is 3. The lowest BCUT2D eigenvalue weighted by Gasteiger charge is -2.44. The quantitative estimate of drug-likeness (QED) is 0.598. The van der Waals surface area contributed by atoms with Crippen molar-refractivity contribution in [3.8, 4) is 0 Å². The highest BCUT2D eigenvalue weighted by Crippen LogP contribution is 2.43. The van der Waals surface area contributed by atoms with Gasteiger partial charge in [-0.15, -0.1) is 0 Å². The molecule has 0 aromatic heterocycles. The molecule has 3 N–H and O–H groups in total. The second kappa shape index (κ2) is 4.10. The lowest BCUT2D eigenvalue weighted by molar-refractivity contribution is -0.159. The Bertz CT molecular complexity index is 253. The predicted molar refractivity (Wildman–Crippen MR) is 53.2 cm³/mol. The number of hydrogen-bond donors (Lipinski definition) is 3. The topological polar surface area (TPSA) is 77.8 Å². The van der Waals surface area contributed by atoms with Crippen LogP contribution in [0.25, 0.3) is 0 Å². The molecular formula is C11H18O4. The van der Waals surface area contributed by atoms with Crippen molar-refractivity contribution >= 4 is 5.97 Å². The Kier molecular flexibility index (Phi) is 2.98. The van der Waals surface area contributed by atoms with Crippen LogP contribution in [0.1, 0.15) is 32.1 Å². The zero-order valence-electron chi connectivity index (χ0n) is 8.67. The Morgan fingerprint density at radius 2 is 1.67 bits per heavy atom. The second-order valence-corrected chi connectivity index (χ2v) is 4.85. The summed E-state index contributed by atoms with van der Waals surface area (Å²) in [6.07, 6.45) is 2.80. The average Bonchev–Trinajstić information content (AvgIpc) is 2.23. The van der Waals surface area contributed by atoms with Crippen molar-refractivity contribution in [1.29, 1.82) is 0 Å².